The van der Waals surface area contributed by atoms with E-state index in [-0.39, 0.29) is 12.2 Å². The highest BCUT2D eigenvalue weighted by Crippen LogP contribution is 2.26. The molecule has 0 N–H and O–H groups in total. The van der Waals surface area contributed by atoms with Gasteiger partial charge >= 0.3 is 0 Å². The van der Waals surface area contributed by atoms with Crippen LogP contribution in [0.5, 0.6) is 5.75 Å². The molecule has 1 aromatic carbocycles. The first kappa shape index (κ1) is 15.1. The van der Waals surface area contributed by atoms with Crippen LogP contribution >= 0.6 is 27.5 Å². The van der Waals surface area contributed by atoms with Gasteiger partial charge in [-0.3, -0.25) is 9.48 Å². The average molecular weight is 358 g/mol. The minimum atomic E-state index is -0.0335. The number of carbonyl (C=O) groups excluding carboxylic acids is 1. The normalized spacial score (nSPS) is 10.7. The highest BCUT2D eigenvalue weighted by atomic mass is 79.9. The molecule has 0 bridgehead atoms. The van der Waals surface area contributed by atoms with E-state index >= 15 is 0 Å². The lowest BCUT2D eigenvalue weighted by molar-refractivity contribution is 0.0991. The van der Waals surface area contributed by atoms with E-state index in [1.807, 2.05) is 6.92 Å². The summed E-state index contributed by atoms with van der Waals surface area (Å²) in [5.41, 5.74) is 2.10. The number of hydrogen-bond acceptors (Lipinski definition) is 3. The molecule has 0 amide bonds. The second-order valence-corrected chi connectivity index (χ2v) is 5.64. The lowest BCUT2D eigenvalue weighted by atomic mass is 10.0. The van der Waals surface area contributed by atoms with Crippen LogP contribution in [0.3, 0.4) is 0 Å². The zero-order valence-corrected chi connectivity index (χ0v) is 13.7. The first-order valence-electron chi connectivity index (χ1n) is 5.98. The molecular formula is C14H14BrClN2O2. The maximum atomic E-state index is 12.4. The number of methoxy groups -OCH3 is 1. The Bertz CT molecular complexity index is 667. The third-order valence-electron chi connectivity index (χ3n) is 3.08. The largest absolute Gasteiger partial charge is 0.497 e. The maximum Gasteiger partial charge on any atom is 0.168 e. The summed E-state index contributed by atoms with van der Waals surface area (Å²) in [6, 6.07) is 5.30. The van der Waals surface area contributed by atoms with E-state index in [0.717, 1.165) is 15.7 Å². The molecule has 2 aromatic rings. The molecule has 0 radical (unpaired) electrons. The van der Waals surface area contributed by atoms with E-state index in [1.165, 1.54) is 0 Å². The summed E-state index contributed by atoms with van der Waals surface area (Å²) in [5, 5.41) is 4.70. The van der Waals surface area contributed by atoms with Crippen LogP contribution in [0, 0.1) is 6.92 Å². The molecule has 0 atom stereocenters. The smallest absolute Gasteiger partial charge is 0.168 e. The Morgan fingerprint density at radius 3 is 2.75 bits per heavy atom. The Balaban J connectivity index is 2.33. The van der Waals surface area contributed by atoms with Crippen molar-refractivity contribution in [2.75, 3.05) is 7.11 Å². The van der Waals surface area contributed by atoms with Crippen molar-refractivity contribution in [1.82, 2.24) is 9.78 Å². The van der Waals surface area contributed by atoms with Crippen LogP contribution in [-0.2, 0) is 13.5 Å². The number of hydrogen-bond donors (Lipinski definition) is 0. The lowest BCUT2D eigenvalue weighted by Gasteiger charge is -2.06. The molecule has 106 valence electrons. The van der Waals surface area contributed by atoms with Crippen LogP contribution in [0.25, 0.3) is 0 Å². The number of ketones is 1. The Morgan fingerprint density at radius 2 is 2.20 bits per heavy atom. The van der Waals surface area contributed by atoms with Crippen LogP contribution in [0.2, 0.25) is 5.15 Å². The van der Waals surface area contributed by atoms with Gasteiger partial charge in [0.1, 0.15) is 10.9 Å². The molecule has 2 rings (SSSR count). The number of ether oxygens (including phenoxy) is 1. The number of halogens is 2. The molecule has 0 aliphatic carbocycles. The van der Waals surface area contributed by atoms with Crippen LogP contribution in [0.15, 0.2) is 22.7 Å². The van der Waals surface area contributed by atoms with Gasteiger partial charge in [0.25, 0.3) is 0 Å². The molecule has 6 heteroatoms. The molecule has 0 saturated carbocycles. The summed E-state index contributed by atoms with van der Waals surface area (Å²) in [4.78, 5) is 12.4. The monoisotopic (exact) mass is 356 g/mol. The van der Waals surface area contributed by atoms with Gasteiger partial charge < -0.3 is 4.74 Å². The molecule has 20 heavy (non-hydrogen) atoms. The van der Waals surface area contributed by atoms with E-state index in [9.17, 15) is 4.79 Å². The number of Topliss-reactive ketones (excluding diaryl/α,β-unsaturated/α-hetero) is 1. The second kappa shape index (κ2) is 5.97. The van der Waals surface area contributed by atoms with Gasteiger partial charge in [0.05, 0.1) is 12.8 Å². The molecule has 0 unspecified atom stereocenters. The van der Waals surface area contributed by atoms with Gasteiger partial charge in [0, 0.05) is 29.1 Å². The molecule has 0 fully saturated rings. The highest BCUT2D eigenvalue weighted by Gasteiger charge is 2.18. The topological polar surface area (TPSA) is 44.1 Å². The molecule has 0 aliphatic heterocycles. The zero-order valence-electron chi connectivity index (χ0n) is 11.4. The van der Waals surface area contributed by atoms with Gasteiger partial charge in [-0.25, -0.2) is 0 Å². The third-order valence-corrected chi connectivity index (χ3v) is 4.25. The minimum absolute atomic E-state index is 0.0335. The van der Waals surface area contributed by atoms with Crippen molar-refractivity contribution in [2.45, 2.75) is 13.3 Å². The summed E-state index contributed by atoms with van der Waals surface area (Å²) in [6.45, 7) is 1.84. The van der Waals surface area contributed by atoms with E-state index in [2.05, 4.69) is 21.0 Å². The van der Waals surface area contributed by atoms with E-state index in [4.69, 9.17) is 16.3 Å². The van der Waals surface area contributed by atoms with Gasteiger partial charge in [-0.2, -0.15) is 5.10 Å². The fraction of sp³-hybridized carbons (Fsp3) is 0.286. The van der Waals surface area contributed by atoms with Crippen molar-refractivity contribution >= 4 is 33.3 Å². The van der Waals surface area contributed by atoms with E-state index in [0.29, 0.717) is 16.5 Å². The molecule has 1 heterocycles. The average Bonchev–Trinajstić information content (AvgIpc) is 2.66. The second-order valence-electron chi connectivity index (χ2n) is 4.42. The van der Waals surface area contributed by atoms with Crippen molar-refractivity contribution in [2.24, 2.45) is 7.05 Å². The molecule has 0 spiro atoms. The maximum absolute atomic E-state index is 12.4. The van der Waals surface area contributed by atoms with E-state index in [1.54, 1.807) is 37.0 Å². The van der Waals surface area contributed by atoms with Crippen molar-refractivity contribution < 1.29 is 9.53 Å². The van der Waals surface area contributed by atoms with E-state index < -0.39 is 0 Å². The van der Waals surface area contributed by atoms with Gasteiger partial charge in [0.2, 0.25) is 0 Å². The molecular weight excluding hydrogens is 344 g/mol. The van der Waals surface area contributed by atoms with Gasteiger partial charge in [-0.15, -0.1) is 0 Å². The van der Waals surface area contributed by atoms with Crippen LogP contribution in [0.4, 0.5) is 0 Å². The Morgan fingerprint density at radius 1 is 1.50 bits per heavy atom. The Labute approximate surface area is 130 Å². The van der Waals surface area contributed by atoms with Gasteiger partial charge in [-0.1, -0.05) is 27.5 Å². The van der Waals surface area contributed by atoms with Crippen LogP contribution in [-0.4, -0.2) is 22.7 Å². The number of carbonyl (C=O) groups is 1. The summed E-state index contributed by atoms with van der Waals surface area (Å²) in [7, 11) is 3.32. The van der Waals surface area contributed by atoms with Crippen molar-refractivity contribution in [3.8, 4) is 5.75 Å². The Hall–Kier alpha value is -1.33. The van der Waals surface area contributed by atoms with Gasteiger partial charge in [-0.05, 0) is 25.1 Å². The molecule has 1 aromatic heterocycles. The molecule has 4 nitrogen and oxygen atoms in total. The first-order valence-corrected chi connectivity index (χ1v) is 7.15. The fourth-order valence-electron chi connectivity index (χ4n) is 1.98. The standard InChI is InChI=1S/C14H14BrClN2O2/c1-8-10(14(16)18(2)17-8)7-13(19)11-6-9(20-3)4-5-12(11)15/h4-6H,7H2,1-3H3. The number of aryl methyl sites for hydroxylation is 2. The molecule has 0 saturated heterocycles. The van der Waals surface area contributed by atoms with Gasteiger partial charge in [0.15, 0.2) is 5.78 Å². The third kappa shape index (κ3) is 2.88. The SMILES string of the molecule is COc1ccc(Br)c(C(=O)Cc2c(C)nn(C)c2Cl)c1. The summed E-state index contributed by atoms with van der Waals surface area (Å²) in [6.07, 6.45) is 0.213. The number of nitrogens with zero attached hydrogens (tertiary/aromatic N) is 2. The number of rotatable bonds is 4. The van der Waals surface area contributed by atoms with Crippen molar-refractivity contribution in [3.05, 3.63) is 44.6 Å². The summed E-state index contributed by atoms with van der Waals surface area (Å²) >= 11 is 9.54. The predicted molar refractivity (Wildman–Crippen MR) is 81.7 cm³/mol. The summed E-state index contributed by atoms with van der Waals surface area (Å²) in [5.74, 6) is 0.610. The predicted octanol–water partition coefficient (Wildman–Crippen LogP) is 3.58. The Kier molecular flexibility index (Phi) is 4.50. The lowest BCUT2D eigenvalue weighted by Crippen LogP contribution is -2.06. The number of benzene rings is 1. The van der Waals surface area contributed by atoms with Crippen LogP contribution in [0.1, 0.15) is 21.6 Å². The summed E-state index contributed by atoms with van der Waals surface area (Å²) < 4.78 is 7.45. The first-order chi connectivity index (χ1) is 9.43. The van der Waals surface area contributed by atoms with Crippen LogP contribution < -0.4 is 4.74 Å². The fourth-order valence-corrected chi connectivity index (χ4v) is 2.68. The quantitative estimate of drug-likeness (QED) is 0.786. The minimum Gasteiger partial charge on any atom is -0.497 e. The van der Waals surface area contributed by atoms with Crippen molar-refractivity contribution in [1.29, 1.82) is 0 Å². The zero-order chi connectivity index (χ0) is 14.9. The van der Waals surface area contributed by atoms with Crippen molar-refractivity contribution in [3.63, 3.8) is 0 Å². The number of aromatic nitrogens is 2. The highest BCUT2D eigenvalue weighted by molar-refractivity contribution is 9.10. The molecule has 0 aliphatic rings.